The number of aromatic hydroxyl groups is 1. The summed E-state index contributed by atoms with van der Waals surface area (Å²) in [5, 5.41) is 20.0. The molecule has 0 radical (unpaired) electrons. The molecule has 2 saturated carbocycles. The largest absolute Gasteiger partial charge is 0.508 e. The van der Waals surface area contributed by atoms with Crippen LogP contribution in [-0.4, -0.2) is 16.3 Å². The van der Waals surface area contributed by atoms with Crippen molar-refractivity contribution in [2.24, 2.45) is 17.3 Å². The summed E-state index contributed by atoms with van der Waals surface area (Å²) in [5.74, 6) is 2.49. The van der Waals surface area contributed by atoms with Crippen LogP contribution in [0, 0.1) is 17.3 Å². The Hall–Kier alpha value is -1.02. The van der Waals surface area contributed by atoms with Crippen molar-refractivity contribution in [3.05, 3.63) is 29.3 Å². The van der Waals surface area contributed by atoms with Crippen molar-refractivity contribution >= 4 is 0 Å². The Morgan fingerprint density at radius 3 is 2.85 bits per heavy atom. The lowest BCUT2D eigenvalue weighted by atomic mass is 9.55. The van der Waals surface area contributed by atoms with Crippen molar-refractivity contribution < 1.29 is 10.2 Å². The summed E-state index contributed by atoms with van der Waals surface area (Å²) in [6.45, 7) is 2.32. The summed E-state index contributed by atoms with van der Waals surface area (Å²) in [6.07, 6.45) is 6.78. The molecule has 2 fully saturated rings. The van der Waals surface area contributed by atoms with E-state index < -0.39 is 0 Å². The van der Waals surface area contributed by atoms with E-state index in [1.54, 1.807) is 0 Å². The number of phenols is 1. The number of hydrogen-bond acceptors (Lipinski definition) is 2. The van der Waals surface area contributed by atoms with Crippen molar-refractivity contribution in [1.82, 2.24) is 0 Å². The molecule has 2 heteroatoms. The van der Waals surface area contributed by atoms with E-state index in [1.807, 2.05) is 12.1 Å². The number of hydrogen-bond donors (Lipinski definition) is 2. The predicted octanol–water partition coefficient (Wildman–Crippen LogP) is 3.61. The quantitative estimate of drug-likeness (QED) is 0.757. The molecular weight excluding hydrogens is 248 g/mol. The van der Waals surface area contributed by atoms with Gasteiger partial charge in [-0.2, -0.15) is 0 Å². The Labute approximate surface area is 120 Å². The summed E-state index contributed by atoms with van der Waals surface area (Å²) >= 11 is 0. The lowest BCUT2D eigenvalue weighted by Crippen LogP contribution is -2.43. The summed E-state index contributed by atoms with van der Waals surface area (Å²) < 4.78 is 0. The SMILES string of the molecule is C[C@]12CC[C@H]3c4ccc(O)cc4CC[C@@H]3[C@H]1CC[C@H]2O. The maximum atomic E-state index is 10.4. The lowest BCUT2D eigenvalue weighted by molar-refractivity contribution is -0.0226. The van der Waals surface area contributed by atoms with Crippen LogP contribution >= 0.6 is 0 Å². The van der Waals surface area contributed by atoms with Crippen LogP contribution in [0.3, 0.4) is 0 Å². The van der Waals surface area contributed by atoms with Gasteiger partial charge in [0.2, 0.25) is 0 Å². The van der Waals surface area contributed by atoms with Crippen LogP contribution in [0.1, 0.15) is 56.1 Å². The van der Waals surface area contributed by atoms with E-state index in [9.17, 15) is 10.2 Å². The normalized spacial score (nSPS) is 42.7. The maximum absolute atomic E-state index is 10.4. The fourth-order valence-corrected chi connectivity index (χ4v) is 5.54. The third-order valence-corrected chi connectivity index (χ3v) is 6.66. The number of phenolic OH excluding ortho intramolecular Hbond substituents is 1. The molecule has 0 unspecified atom stereocenters. The van der Waals surface area contributed by atoms with E-state index in [4.69, 9.17) is 0 Å². The zero-order valence-electron chi connectivity index (χ0n) is 12.2. The summed E-state index contributed by atoms with van der Waals surface area (Å²) in [6, 6.07) is 5.96. The average Bonchev–Trinajstić information content (AvgIpc) is 2.74. The second kappa shape index (κ2) is 4.24. The van der Waals surface area contributed by atoms with E-state index in [1.165, 1.54) is 30.4 Å². The minimum atomic E-state index is -0.0883. The van der Waals surface area contributed by atoms with Crippen molar-refractivity contribution in [3.63, 3.8) is 0 Å². The molecule has 1 aromatic rings. The third-order valence-electron chi connectivity index (χ3n) is 6.66. The average molecular weight is 272 g/mol. The summed E-state index contributed by atoms with van der Waals surface area (Å²) in [5.41, 5.74) is 2.99. The molecule has 108 valence electrons. The number of fused-ring (bicyclic) bond motifs is 5. The molecule has 2 N–H and O–H groups in total. The van der Waals surface area contributed by atoms with Crippen LogP contribution < -0.4 is 0 Å². The molecule has 0 bridgehead atoms. The number of aliphatic hydroxyl groups excluding tert-OH is 1. The molecule has 0 saturated heterocycles. The molecule has 1 aromatic carbocycles. The molecule has 0 spiro atoms. The van der Waals surface area contributed by atoms with E-state index >= 15 is 0 Å². The highest BCUT2D eigenvalue weighted by atomic mass is 16.3. The first-order valence-corrected chi connectivity index (χ1v) is 8.09. The van der Waals surface area contributed by atoms with Crippen molar-refractivity contribution in [3.8, 4) is 5.75 Å². The second-order valence-corrected chi connectivity index (χ2v) is 7.44. The van der Waals surface area contributed by atoms with E-state index in [2.05, 4.69) is 13.0 Å². The molecule has 0 aliphatic heterocycles. The van der Waals surface area contributed by atoms with Gasteiger partial charge >= 0.3 is 0 Å². The van der Waals surface area contributed by atoms with E-state index in [0.717, 1.165) is 25.2 Å². The number of benzene rings is 1. The van der Waals surface area contributed by atoms with Gasteiger partial charge in [0.1, 0.15) is 5.75 Å². The zero-order valence-corrected chi connectivity index (χ0v) is 12.2. The highest BCUT2D eigenvalue weighted by molar-refractivity contribution is 5.40. The summed E-state index contributed by atoms with van der Waals surface area (Å²) in [4.78, 5) is 0. The van der Waals surface area contributed by atoms with Crippen molar-refractivity contribution in [1.29, 1.82) is 0 Å². The first-order chi connectivity index (χ1) is 9.59. The van der Waals surface area contributed by atoms with Gasteiger partial charge in [-0.1, -0.05) is 13.0 Å². The third kappa shape index (κ3) is 1.60. The van der Waals surface area contributed by atoms with E-state index in [0.29, 0.717) is 17.6 Å². The first kappa shape index (κ1) is 12.7. The zero-order chi connectivity index (χ0) is 13.9. The van der Waals surface area contributed by atoms with Crippen LogP contribution in [0.5, 0.6) is 5.75 Å². The van der Waals surface area contributed by atoms with Crippen molar-refractivity contribution in [2.75, 3.05) is 0 Å². The van der Waals surface area contributed by atoms with Crippen LogP contribution in [0.15, 0.2) is 18.2 Å². The van der Waals surface area contributed by atoms with Gasteiger partial charge < -0.3 is 10.2 Å². The van der Waals surface area contributed by atoms with Crippen molar-refractivity contribution in [2.45, 2.75) is 57.5 Å². The molecule has 5 atom stereocenters. The molecule has 0 heterocycles. The first-order valence-electron chi connectivity index (χ1n) is 8.09. The highest BCUT2D eigenvalue weighted by Crippen LogP contribution is 2.60. The fourth-order valence-electron chi connectivity index (χ4n) is 5.54. The molecule has 3 aliphatic carbocycles. The van der Waals surface area contributed by atoms with Crippen LogP contribution in [-0.2, 0) is 6.42 Å². The maximum Gasteiger partial charge on any atom is 0.115 e. The fraction of sp³-hybridized carbons (Fsp3) is 0.667. The van der Waals surface area contributed by atoms with Gasteiger partial charge in [-0.25, -0.2) is 0 Å². The molecule has 2 nitrogen and oxygen atoms in total. The number of aryl methyl sites for hydroxylation is 1. The van der Waals surface area contributed by atoms with Gasteiger partial charge in [0.15, 0.2) is 0 Å². The number of rotatable bonds is 0. The Bertz CT molecular complexity index is 538. The van der Waals surface area contributed by atoms with Gasteiger partial charge in [0, 0.05) is 0 Å². The molecule has 20 heavy (non-hydrogen) atoms. The Kier molecular flexibility index (Phi) is 2.69. The monoisotopic (exact) mass is 272 g/mol. The Morgan fingerprint density at radius 2 is 2.00 bits per heavy atom. The molecule has 4 rings (SSSR count). The van der Waals surface area contributed by atoms with Crippen LogP contribution in [0.4, 0.5) is 0 Å². The predicted molar refractivity (Wildman–Crippen MR) is 78.7 cm³/mol. The second-order valence-electron chi connectivity index (χ2n) is 7.44. The van der Waals surface area contributed by atoms with Gasteiger partial charge in [-0.05, 0) is 85.0 Å². The Morgan fingerprint density at radius 1 is 1.15 bits per heavy atom. The van der Waals surface area contributed by atoms with Gasteiger partial charge in [-0.3, -0.25) is 0 Å². The van der Waals surface area contributed by atoms with Gasteiger partial charge in [0.25, 0.3) is 0 Å². The van der Waals surface area contributed by atoms with Gasteiger partial charge in [-0.15, -0.1) is 0 Å². The van der Waals surface area contributed by atoms with Gasteiger partial charge in [0.05, 0.1) is 6.10 Å². The van der Waals surface area contributed by atoms with Crippen LogP contribution in [0.25, 0.3) is 0 Å². The molecule has 0 aromatic heterocycles. The molecular formula is C18H24O2. The highest BCUT2D eigenvalue weighted by Gasteiger charge is 2.54. The number of aliphatic hydroxyl groups is 1. The molecule has 3 aliphatic rings. The minimum absolute atomic E-state index is 0.0883. The summed E-state index contributed by atoms with van der Waals surface area (Å²) in [7, 11) is 0. The minimum Gasteiger partial charge on any atom is -0.508 e. The topological polar surface area (TPSA) is 40.5 Å². The van der Waals surface area contributed by atoms with Crippen LogP contribution in [0.2, 0.25) is 0 Å². The Balaban J connectivity index is 1.71. The smallest absolute Gasteiger partial charge is 0.115 e. The standard InChI is InChI=1S/C18H24O2/c1-18-9-8-14-13-5-3-12(19)10-11(13)2-4-15(14)16(18)6-7-17(18)20/h3,5,10,14-17,19-20H,2,4,6-9H2,1H3/t14-,15-,16+,17+,18-/m0/s1. The molecule has 0 amide bonds. The van der Waals surface area contributed by atoms with E-state index in [-0.39, 0.29) is 11.5 Å². The lowest BCUT2D eigenvalue weighted by Gasteiger charge is -2.50.